The van der Waals surface area contributed by atoms with E-state index in [1.165, 1.54) is 0 Å². The first-order chi connectivity index (χ1) is 13.2. The van der Waals surface area contributed by atoms with E-state index in [0.29, 0.717) is 22.9 Å². The van der Waals surface area contributed by atoms with Crippen LogP contribution in [0.25, 0.3) is 0 Å². The Balaban J connectivity index is 1.84. The summed E-state index contributed by atoms with van der Waals surface area (Å²) in [5.74, 6) is 1.31. The van der Waals surface area contributed by atoms with Gasteiger partial charge in [0, 0.05) is 17.7 Å². The summed E-state index contributed by atoms with van der Waals surface area (Å²) in [6.45, 7) is -0.336. The monoisotopic (exact) mass is 369 g/mol. The van der Waals surface area contributed by atoms with Crippen LogP contribution in [-0.2, 0) is 6.61 Å². The molecule has 4 N–H and O–H groups in total. The van der Waals surface area contributed by atoms with Crippen molar-refractivity contribution >= 4 is 5.82 Å². The van der Waals surface area contributed by atoms with Crippen molar-refractivity contribution < 1.29 is 29.1 Å². The van der Waals surface area contributed by atoms with E-state index in [2.05, 4.69) is 10.3 Å². The minimum atomic E-state index is -0.725. The summed E-state index contributed by atoms with van der Waals surface area (Å²) in [6.07, 6.45) is 1.74. The molecule has 1 atom stereocenters. The lowest BCUT2D eigenvalue weighted by Crippen LogP contribution is -2.20. The number of pyridine rings is 1. The molecule has 138 valence electrons. The van der Waals surface area contributed by atoms with Gasteiger partial charge >= 0.3 is 0 Å². The Labute approximate surface area is 153 Å². The van der Waals surface area contributed by atoms with Crippen LogP contribution in [0.3, 0.4) is 0 Å². The molecular formula is C19H17N2O6+. The van der Waals surface area contributed by atoms with Gasteiger partial charge in [-0.3, -0.25) is 10.1 Å². The van der Waals surface area contributed by atoms with Gasteiger partial charge < -0.3 is 24.1 Å². The number of ether oxygens (including phenoxy) is 2. The molecule has 0 aliphatic carbocycles. The van der Waals surface area contributed by atoms with E-state index < -0.39 is 23.8 Å². The number of hydrogen-bond donors (Lipinski definition) is 3. The van der Waals surface area contributed by atoms with E-state index in [0.717, 1.165) is 6.07 Å². The number of benzene rings is 1. The summed E-state index contributed by atoms with van der Waals surface area (Å²) in [6, 6.07) is 11.0. The van der Waals surface area contributed by atoms with Crippen molar-refractivity contribution in [2.75, 3.05) is 12.1 Å². The second-order valence-electron chi connectivity index (χ2n) is 5.91. The van der Waals surface area contributed by atoms with Gasteiger partial charge in [0.2, 0.25) is 18.0 Å². The highest BCUT2D eigenvalue weighted by atomic mass is 16.7. The first-order valence-electron chi connectivity index (χ1n) is 8.25. The molecule has 8 heteroatoms. The topological polar surface area (TPSA) is 115 Å². The molecule has 1 aliphatic heterocycles. The number of aromatic amines is 1. The van der Waals surface area contributed by atoms with Crippen molar-refractivity contribution in [1.29, 1.82) is 0 Å². The number of aliphatic hydroxyl groups is 1. The fraction of sp³-hybridized carbons (Fsp3) is 0.158. The van der Waals surface area contributed by atoms with Gasteiger partial charge in [-0.15, -0.1) is 0 Å². The molecule has 0 spiro atoms. The Bertz CT molecular complexity index is 1020. The standard InChI is InChI=1S/C19H16N2O6/c22-9-12-8-13(23)18(24)19(27-12)17(21-16-3-1-2-6-20-16)11-4-5-14-15(7-11)26-10-25-14/h1-8,17,22,24H,9-10H2,(H,20,21)/p+1/t17-/m1/s1. The third-order valence-electron chi connectivity index (χ3n) is 4.16. The van der Waals surface area contributed by atoms with Crippen molar-refractivity contribution in [3.05, 3.63) is 76.0 Å². The molecule has 3 heterocycles. The first kappa shape index (κ1) is 16.9. The molecule has 27 heavy (non-hydrogen) atoms. The molecule has 1 aliphatic rings. The molecule has 1 aromatic carbocycles. The fourth-order valence-electron chi connectivity index (χ4n) is 2.86. The van der Waals surface area contributed by atoms with Crippen LogP contribution in [0.5, 0.6) is 17.2 Å². The predicted octanol–water partition coefficient (Wildman–Crippen LogP) is 1.58. The van der Waals surface area contributed by atoms with Crippen LogP contribution in [0.1, 0.15) is 23.1 Å². The van der Waals surface area contributed by atoms with Crippen LogP contribution in [0.15, 0.2) is 57.9 Å². The van der Waals surface area contributed by atoms with Crippen LogP contribution >= 0.6 is 0 Å². The summed E-state index contributed by atoms with van der Waals surface area (Å²) in [5, 5.41) is 22.9. The van der Waals surface area contributed by atoms with Gasteiger partial charge in [0.1, 0.15) is 12.4 Å². The molecule has 8 nitrogen and oxygen atoms in total. The number of aromatic nitrogens is 1. The SMILES string of the molecule is O=c1cc(CO)oc([C@H](Nc2cccc[nH+]2)c2ccc3c(c2)OCO3)c1O. The molecule has 3 aromatic rings. The fourth-order valence-corrected chi connectivity index (χ4v) is 2.86. The van der Waals surface area contributed by atoms with Crippen LogP contribution in [-0.4, -0.2) is 17.0 Å². The maximum absolute atomic E-state index is 12.1. The Morgan fingerprint density at radius 2 is 2.00 bits per heavy atom. The highest BCUT2D eigenvalue weighted by molar-refractivity contribution is 5.50. The molecule has 4 rings (SSSR count). The molecule has 0 bridgehead atoms. The van der Waals surface area contributed by atoms with E-state index in [-0.39, 0.29) is 18.3 Å². The molecule has 0 unspecified atom stereocenters. The van der Waals surface area contributed by atoms with E-state index >= 15 is 0 Å². The highest BCUT2D eigenvalue weighted by Gasteiger charge is 2.29. The first-order valence-corrected chi connectivity index (χ1v) is 8.25. The summed E-state index contributed by atoms with van der Waals surface area (Å²) < 4.78 is 16.4. The number of aromatic hydroxyl groups is 1. The number of hydrogen-bond acceptors (Lipinski definition) is 7. The number of fused-ring (bicyclic) bond motifs is 1. The zero-order chi connectivity index (χ0) is 18.8. The van der Waals surface area contributed by atoms with Crippen LogP contribution in [0.2, 0.25) is 0 Å². The summed E-state index contributed by atoms with van der Waals surface area (Å²) in [5.41, 5.74) is 0.0370. The second-order valence-corrected chi connectivity index (χ2v) is 5.91. The van der Waals surface area contributed by atoms with Crippen molar-refractivity contribution in [3.8, 4) is 17.2 Å². The average Bonchev–Trinajstić information content (AvgIpc) is 3.17. The van der Waals surface area contributed by atoms with Gasteiger partial charge in [-0.25, -0.2) is 4.98 Å². The molecule has 0 saturated carbocycles. The zero-order valence-electron chi connectivity index (χ0n) is 14.1. The Kier molecular flexibility index (Phi) is 4.39. The molecule has 0 amide bonds. The second kappa shape index (κ2) is 7.00. The van der Waals surface area contributed by atoms with Crippen molar-refractivity contribution in [3.63, 3.8) is 0 Å². The predicted molar refractivity (Wildman–Crippen MR) is 93.6 cm³/mol. The molecule has 2 aromatic heterocycles. The summed E-state index contributed by atoms with van der Waals surface area (Å²) in [7, 11) is 0. The summed E-state index contributed by atoms with van der Waals surface area (Å²) >= 11 is 0. The van der Waals surface area contributed by atoms with Crippen LogP contribution in [0.4, 0.5) is 5.82 Å². The lowest BCUT2D eigenvalue weighted by molar-refractivity contribution is -0.361. The zero-order valence-corrected chi connectivity index (χ0v) is 14.1. The van der Waals surface area contributed by atoms with Gasteiger partial charge in [0.25, 0.3) is 5.82 Å². The summed E-state index contributed by atoms with van der Waals surface area (Å²) in [4.78, 5) is 15.1. The minimum absolute atomic E-state index is 0.0114. The normalized spacial score (nSPS) is 13.4. The highest BCUT2D eigenvalue weighted by Crippen LogP contribution is 2.38. The average molecular weight is 369 g/mol. The Morgan fingerprint density at radius 3 is 2.78 bits per heavy atom. The maximum Gasteiger partial charge on any atom is 0.273 e. The van der Waals surface area contributed by atoms with Crippen LogP contribution in [0, 0.1) is 0 Å². The largest absolute Gasteiger partial charge is 0.502 e. The van der Waals surface area contributed by atoms with Gasteiger partial charge in [-0.2, -0.15) is 0 Å². The Hall–Kier alpha value is -3.52. The molecule has 0 saturated heterocycles. The van der Waals surface area contributed by atoms with Crippen LogP contribution < -0.4 is 25.2 Å². The van der Waals surface area contributed by atoms with E-state index in [4.69, 9.17) is 13.9 Å². The maximum atomic E-state index is 12.1. The quantitative estimate of drug-likeness (QED) is 0.625. The van der Waals surface area contributed by atoms with Crippen molar-refractivity contribution in [2.24, 2.45) is 0 Å². The number of H-pyrrole nitrogens is 1. The number of rotatable bonds is 5. The van der Waals surface area contributed by atoms with Gasteiger partial charge in [-0.1, -0.05) is 12.1 Å². The van der Waals surface area contributed by atoms with Crippen molar-refractivity contribution in [2.45, 2.75) is 12.6 Å². The number of nitrogens with one attached hydrogen (secondary N) is 2. The van der Waals surface area contributed by atoms with Gasteiger partial charge in [0.15, 0.2) is 23.3 Å². The number of anilines is 1. The van der Waals surface area contributed by atoms with Gasteiger partial charge in [-0.05, 0) is 18.2 Å². The minimum Gasteiger partial charge on any atom is -0.502 e. The lowest BCUT2D eigenvalue weighted by atomic mass is 10.0. The smallest absolute Gasteiger partial charge is 0.273 e. The lowest BCUT2D eigenvalue weighted by Gasteiger charge is -2.16. The third-order valence-corrected chi connectivity index (χ3v) is 4.16. The van der Waals surface area contributed by atoms with E-state index in [1.54, 1.807) is 30.5 Å². The Morgan fingerprint density at radius 1 is 1.15 bits per heavy atom. The van der Waals surface area contributed by atoms with E-state index in [1.807, 2.05) is 12.1 Å². The van der Waals surface area contributed by atoms with Crippen molar-refractivity contribution in [1.82, 2.24) is 0 Å². The third kappa shape index (κ3) is 3.30. The number of aliphatic hydroxyl groups excluding tert-OH is 1. The van der Waals surface area contributed by atoms with E-state index in [9.17, 15) is 15.0 Å². The van der Waals surface area contributed by atoms with Gasteiger partial charge in [0.05, 0.1) is 6.20 Å². The molecular weight excluding hydrogens is 352 g/mol. The molecule has 0 radical (unpaired) electrons. The molecule has 0 fully saturated rings.